The Bertz CT molecular complexity index is 336. The van der Waals surface area contributed by atoms with Crippen molar-refractivity contribution in [3.63, 3.8) is 0 Å². The highest BCUT2D eigenvalue weighted by Crippen LogP contribution is 2.27. The van der Waals surface area contributed by atoms with Crippen LogP contribution in [0, 0.1) is 0 Å². The molecular weight excluding hydrogens is 222 g/mol. The van der Waals surface area contributed by atoms with E-state index in [0.29, 0.717) is 12.1 Å². The molecular formula is C16H25NO. The van der Waals surface area contributed by atoms with Gasteiger partial charge in [0.2, 0.25) is 0 Å². The maximum Gasteiger partial charge on any atom is 0.0801 e. The summed E-state index contributed by atoms with van der Waals surface area (Å²) in [6.07, 6.45) is 5.63. The molecule has 18 heavy (non-hydrogen) atoms. The average molecular weight is 247 g/mol. The van der Waals surface area contributed by atoms with E-state index < -0.39 is 0 Å². The van der Waals surface area contributed by atoms with Gasteiger partial charge in [-0.1, -0.05) is 50.1 Å². The van der Waals surface area contributed by atoms with Crippen LogP contribution in [0.1, 0.15) is 51.2 Å². The second kappa shape index (κ2) is 6.91. The molecule has 0 radical (unpaired) electrons. The Morgan fingerprint density at radius 3 is 2.67 bits per heavy atom. The van der Waals surface area contributed by atoms with Crippen LogP contribution in [-0.4, -0.2) is 18.7 Å². The highest BCUT2D eigenvalue weighted by Gasteiger charge is 2.26. The predicted molar refractivity (Wildman–Crippen MR) is 75.7 cm³/mol. The van der Waals surface area contributed by atoms with Crippen molar-refractivity contribution in [2.75, 3.05) is 6.54 Å². The Morgan fingerprint density at radius 2 is 1.94 bits per heavy atom. The molecule has 0 amide bonds. The van der Waals surface area contributed by atoms with Gasteiger partial charge in [0, 0.05) is 6.04 Å². The fourth-order valence-corrected chi connectivity index (χ4v) is 2.82. The molecule has 0 spiro atoms. The van der Waals surface area contributed by atoms with Crippen molar-refractivity contribution in [2.45, 2.75) is 57.8 Å². The Labute approximate surface area is 111 Å². The van der Waals surface area contributed by atoms with Crippen molar-refractivity contribution in [3.8, 4) is 0 Å². The molecule has 0 aliphatic heterocycles. The fourth-order valence-electron chi connectivity index (χ4n) is 2.82. The van der Waals surface area contributed by atoms with Crippen LogP contribution in [-0.2, 0) is 4.74 Å². The summed E-state index contributed by atoms with van der Waals surface area (Å²) in [4.78, 5) is 0. The van der Waals surface area contributed by atoms with Crippen LogP contribution in [0.15, 0.2) is 30.3 Å². The molecule has 1 N–H and O–H groups in total. The molecule has 1 aliphatic rings. The zero-order valence-electron chi connectivity index (χ0n) is 11.6. The minimum absolute atomic E-state index is 0.190. The molecule has 1 aliphatic carbocycles. The van der Waals surface area contributed by atoms with Crippen molar-refractivity contribution in [2.24, 2.45) is 0 Å². The zero-order chi connectivity index (χ0) is 12.8. The van der Waals surface area contributed by atoms with Gasteiger partial charge in [-0.05, 0) is 31.9 Å². The standard InChI is InChI=1S/C16H25NO/c1-3-17-15-11-7-8-12-16(15)18-13(2)14-9-5-4-6-10-14/h4-6,9-10,13,15-17H,3,7-8,11-12H2,1-2H3. The normalized spacial score (nSPS) is 25.9. The van der Waals surface area contributed by atoms with E-state index in [1.165, 1.54) is 31.2 Å². The molecule has 3 atom stereocenters. The van der Waals surface area contributed by atoms with Gasteiger partial charge in [-0.25, -0.2) is 0 Å². The van der Waals surface area contributed by atoms with Gasteiger partial charge in [0.05, 0.1) is 12.2 Å². The van der Waals surface area contributed by atoms with Crippen molar-refractivity contribution < 1.29 is 4.74 Å². The third-order valence-electron chi connectivity index (χ3n) is 3.82. The van der Waals surface area contributed by atoms with E-state index in [4.69, 9.17) is 4.74 Å². The van der Waals surface area contributed by atoms with Crippen molar-refractivity contribution in [3.05, 3.63) is 35.9 Å². The average Bonchev–Trinajstić information content (AvgIpc) is 2.42. The van der Waals surface area contributed by atoms with Gasteiger partial charge < -0.3 is 10.1 Å². The van der Waals surface area contributed by atoms with Gasteiger partial charge in [0.15, 0.2) is 0 Å². The van der Waals surface area contributed by atoms with Gasteiger partial charge >= 0.3 is 0 Å². The van der Waals surface area contributed by atoms with Crippen molar-refractivity contribution in [1.82, 2.24) is 5.32 Å². The molecule has 3 unspecified atom stereocenters. The molecule has 2 nitrogen and oxygen atoms in total. The van der Waals surface area contributed by atoms with Crippen LogP contribution in [0.3, 0.4) is 0 Å². The number of likely N-dealkylation sites (N-methyl/N-ethyl adjacent to an activating group) is 1. The van der Waals surface area contributed by atoms with Crippen LogP contribution in [0.4, 0.5) is 0 Å². The number of rotatable bonds is 5. The minimum Gasteiger partial charge on any atom is -0.369 e. The van der Waals surface area contributed by atoms with Gasteiger partial charge in [-0.3, -0.25) is 0 Å². The van der Waals surface area contributed by atoms with E-state index in [9.17, 15) is 0 Å². The van der Waals surface area contributed by atoms with Gasteiger partial charge in [0.1, 0.15) is 0 Å². The summed E-state index contributed by atoms with van der Waals surface area (Å²) in [6.45, 7) is 5.36. The fraction of sp³-hybridized carbons (Fsp3) is 0.625. The van der Waals surface area contributed by atoms with E-state index in [-0.39, 0.29) is 6.10 Å². The molecule has 1 saturated carbocycles. The highest BCUT2D eigenvalue weighted by atomic mass is 16.5. The maximum atomic E-state index is 6.28. The summed E-state index contributed by atoms with van der Waals surface area (Å²) >= 11 is 0. The largest absolute Gasteiger partial charge is 0.369 e. The SMILES string of the molecule is CCNC1CCCCC1OC(C)c1ccccc1. The number of benzene rings is 1. The summed E-state index contributed by atoms with van der Waals surface area (Å²) in [7, 11) is 0. The van der Waals surface area contributed by atoms with Gasteiger partial charge in [0.25, 0.3) is 0 Å². The Hall–Kier alpha value is -0.860. The summed E-state index contributed by atoms with van der Waals surface area (Å²) in [5, 5.41) is 3.57. The first-order valence-electron chi connectivity index (χ1n) is 7.25. The van der Waals surface area contributed by atoms with E-state index >= 15 is 0 Å². The first-order chi connectivity index (χ1) is 8.81. The molecule has 2 heteroatoms. The van der Waals surface area contributed by atoms with E-state index in [1.807, 2.05) is 0 Å². The lowest BCUT2D eigenvalue weighted by Crippen LogP contribution is -2.43. The zero-order valence-corrected chi connectivity index (χ0v) is 11.6. The number of ether oxygens (including phenoxy) is 1. The first-order valence-corrected chi connectivity index (χ1v) is 7.25. The summed E-state index contributed by atoms with van der Waals surface area (Å²) in [5.74, 6) is 0. The lowest BCUT2D eigenvalue weighted by Gasteiger charge is -2.34. The Morgan fingerprint density at radius 1 is 1.22 bits per heavy atom. The lowest BCUT2D eigenvalue weighted by molar-refractivity contribution is -0.0400. The Balaban J connectivity index is 1.94. The maximum absolute atomic E-state index is 6.28. The van der Waals surface area contributed by atoms with Crippen molar-refractivity contribution >= 4 is 0 Å². The molecule has 0 bridgehead atoms. The van der Waals surface area contributed by atoms with E-state index in [0.717, 1.165) is 6.54 Å². The monoisotopic (exact) mass is 247 g/mol. The highest BCUT2D eigenvalue weighted by molar-refractivity contribution is 5.16. The molecule has 0 saturated heterocycles. The topological polar surface area (TPSA) is 21.3 Å². The molecule has 0 aromatic heterocycles. The van der Waals surface area contributed by atoms with E-state index in [2.05, 4.69) is 49.5 Å². The number of hydrogen-bond donors (Lipinski definition) is 1. The second-order valence-corrected chi connectivity index (χ2v) is 5.18. The van der Waals surface area contributed by atoms with Crippen LogP contribution in [0.5, 0.6) is 0 Å². The van der Waals surface area contributed by atoms with Crippen LogP contribution in [0.25, 0.3) is 0 Å². The summed E-state index contributed by atoms with van der Waals surface area (Å²) in [5.41, 5.74) is 1.28. The van der Waals surface area contributed by atoms with Crippen LogP contribution in [0.2, 0.25) is 0 Å². The van der Waals surface area contributed by atoms with Gasteiger partial charge in [-0.15, -0.1) is 0 Å². The molecule has 0 heterocycles. The third-order valence-corrected chi connectivity index (χ3v) is 3.82. The summed E-state index contributed by atoms with van der Waals surface area (Å²) in [6, 6.07) is 11.1. The molecule has 100 valence electrons. The summed E-state index contributed by atoms with van der Waals surface area (Å²) < 4.78 is 6.28. The molecule has 1 fully saturated rings. The minimum atomic E-state index is 0.190. The Kier molecular flexibility index (Phi) is 5.21. The molecule has 1 aromatic rings. The second-order valence-electron chi connectivity index (χ2n) is 5.18. The quantitative estimate of drug-likeness (QED) is 0.857. The number of hydrogen-bond acceptors (Lipinski definition) is 2. The lowest BCUT2D eigenvalue weighted by atomic mass is 9.92. The predicted octanol–water partition coefficient (Wildman–Crippen LogP) is 3.68. The first kappa shape index (κ1) is 13.6. The van der Waals surface area contributed by atoms with Crippen LogP contribution < -0.4 is 5.32 Å². The number of nitrogens with one attached hydrogen (secondary N) is 1. The van der Waals surface area contributed by atoms with Crippen molar-refractivity contribution in [1.29, 1.82) is 0 Å². The molecule has 2 rings (SSSR count). The van der Waals surface area contributed by atoms with E-state index in [1.54, 1.807) is 0 Å². The molecule has 1 aromatic carbocycles. The van der Waals surface area contributed by atoms with Gasteiger partial charge in [-0.2, -0.15) is 0 Å². The smallest absolute Gasteiger partial charge is 0.0801 e. The third kappa shape index (κ3) is 3.56. The van der Waals surface area contributed by atoms with Crippen LogP contribution >= 0.6 is 0 Å².